The van der Waals surface area contributed by atoms with E-state index < -0.39 is 17.8 Å². The van der Waals surface area contributed by atoms with Crippen LogP contribution >= 0.6 is 43.2 Å². The fraction of sp³-hybridized carbons (Fsp3) is 0.208. The zero-order chi connectivity index (χ0) is 24.6. The minimum Gasteiger partial charge on any atom is -0.495 e. The molecule has 4 rings (SSSR count). The topological polar surface area (TPSA) is 69.9 Å². The van der Waals surface area contributed by atoms with Gasteiger partial charge < -0.3 is 9.47 Å². The predicted octanol–water partition coefficient (Wildman–Crippen LogP) is 4.47. The number of methoxy groups -OCH3 is 1. The Morgan fingerprint density at radius 1 is 1.26 bits per heavy atom. The molecule has 3 aromatic rings. The summed E-state index contributed by atoms with van der Waals surface area (Å²) in [6.07, 6.45) is 1.73. The second kappa shape index (κ2) is 9.97. The van der Waals surface area contributed by atoms with E-state index in [2.05, 4.69) is 36.9 Å². The van der Waals surface area contributed by atoms with Crippen LogP contribution in [0.4, 0.5) is 4.39 Å². The summed E-state index contributed by atoms with van der Waals surface area (Å²) >= 11 is 8.14. The van der Waals surface area contributed by atoms with Crippen LogP contribution in [0.15, 0.2) is 66.4 Å². The van der Waals surface area contributed by atoms with E-state index in [1.807, 2.05) is 12.1 Å². The van der Waals surface area contributed by atoms with Crippen molar-refractivity contribution in [3.8, 4) is 5.75 Å². The van der Waals surface area contributed by atoms with Gasteiger partial charge in [-0.25, -0.2) is 14.2 Å². The van der Waals surface area contributed by atoms with E-state index in [0.717, 1.165) is 8.95 Å². The summed E-state index contributed by atoms with van der Waals surface area (Å²) in [5, 5.41) is 0. The lowest BCUT2D eigenvalue weighted by molar-refractivity contribution is -0.139. The van der Waals surface area contributed by atoms with Gasteiger partial charge in [0, 0.05) is 10.0 Å². The number of aromatic nitrogens is 1. The van der Waals surface area contributed by atoms with Gasteiger partial charge in [0.15, 0.2) is 4.80 Å². The summed E-state index contributed by atoms with van der Waals surface area (Å²) < 4.78 is 27.8. The molecule has 2 aromatic carbocycles. The minimum absolute atomic E-state index is 0.174. The molecule has 10 heteroatoms. The summed E-state index contributed by atoms with van der Waals surface area (Å²) in [5.74, 6) is -0.403. The smallest absolute Gasteiger partial charge is 0.338 e. The molecule has 0 aliphatic carbocycles. The SMILES string of the molecule is CCOC(=O)C1=C(C)N=c2s/c(=C\c3cc(Br)cc(Br)c3OC)c(=O)n2[C@H]1c1ccc(F)cc1. The lowest BCUT2D eigenvalue weighted by atomic mass is 9.96. The molecule has 1 aliphatic heterocycles. The fourth-order valence-electron chi connectivity index (χ4n) is 3.80. The number of carbonyl (C=O) groups excluding carboxylic acids is 1. The maximum Gasteiger partial charge on any atom is 0.338 e. The summed E-state index contributed by atoms with van der Waals surface area (Å²) in [6.45, 7) is 3.58. The largest absolute Gasteiger partial charge is 0.495 e. The number of allylic oxidation sites excluding steroid dienone is 1. The number of esters is 1. The van der Waals surface area contributed by atoms with Crippen molar-refractivity contribution < 1.29 is 18.7 Å². The Labute approximate surface area is 215 Å². The van der Waals surface area contributed by atoms with Crippen LogP contribution in [0.25, 0.3) is 6.08 Å². The molecule has 0 spiro atoms. The normalized spacial score (nSPS) is 15.7. The molecule has 1 aliphatic rings. The molecule has 0 N–H and O–H groups in total. The Hall–Kier alpha value is -2.56. The molecule has 0 saturated carbocycles. The average molecular weight is 610 g/mol. The van der Waals surface area contributed by atoms with Crippen LogP contribution in [0.2, 0.25) is 0 Å². The number of rotatable bonds is 5. The van der Waals surface area contributed by atoms with E-state index in [1.165, 1.54) is 28.0 Å². The number of nitrogens with zero attached hydrogens (tertiary/aromatic N) is 2. The molecule has 1 aromatic heterocycles. The lowest BCUT2D eigenvalue weighted by Crippen LogP contribution is -2.39. The zero-order valence-corrected chi connectivity index (χ0v) is 22.4. The molecule has 0 fully saturated rings. The number of hydrogen-bond acceptors (Lipinski definition) is 6. The highest BCUT2D eigenvalue weighted by Gasteiger charge is 2.33. The second-order valence-electron chi connectivity index (χ2n) is 7.36. The molecule has 0 amide bonds. The fourth-order valence-corrected chi connectivity index (χ4v) is 6.25. The molecule has 0 bridgehead atoms. The van der Waals surface area contributed by atoms with Gasteiger partial charge in [0.05, 0.1) is 40.0 Å². The van der Waals surface area contributed by atoms with Crippen LogP contribution < -0.4 is 19.6 Å². The van der Waals surface area contributed by atoms with Crippen molar-refractivity contribution in [3.63, 3.8) is 0 Å². The first-order valence-corrected chi connectivity index (χ1v) is 12.6. The van der Waals surface area contributed by atoms with E-state index in [-0.39, 0.29) is 17.7 Å². The van der Waals surface area contributed by atoms with Gasteiger partial charge in [0.2, 0.25) is 0 Å². The van der Waals surface area contributed by atoms with Crippen LogP contribution in [-0.2, 0) is 9.53 Å². The van der Waals surface area contributed by atoms with Crippen molar-refractivity contribution in [1.29, 1.82) is 0 Å². The van der Waals surface area contributed by atoms with Crippen molar-refractivity contribution in [1.82, 2.24) is 4.57 Å². The van der Waals surface area contributed by atoms with E-state index >= 15 is 0 Å². The third-order valence-electron chi connectivity index (χ3n) is 5.23. The highest BCUT2D eigenvalue weighted by Crippen LogP contribution is 2.33. The van der Waals surface area contributed by atoms with Crippen molar-refractivity contribution in [3.05, 3.63) is 93.2 Å². The van der Waals surface area contributed by atoms with E-state index in [1.54, 1.807) is 39.2 Å². The predicted molar refractivity (Wildman–Crippen MR) is 135 cm³/mol. The number of hydrogen-bond donors (Lipinski definition) is 0. The highest BCUT2D eigenvalue weighted by atomic mass is 79.9. The van der Waals surface area contributed by atoms with Crippen molar-refractivity contribution in [2.75, 3.05) is 13.7 Å². The number of benzene rings is 2. The minimum atomic E-state index is -0.797. The molecular formula is C24H19Br2FN2O4S. The van der Waals surface area contributed by atoms with Crippen molar-refractivity contribution >= 4 is 55.2 Å². The third-order valence-corrected chi connectivity index (χ3v) is 7.26. The van der Waals surface area contributed by atoms with Gasteiger partial charge in [0.25, 0.3) is 5.56 Å². The molecule has 2 heterocycles. The Balaban J connectivity index is 1.99. The average Bonchev–Trinajstić information content (AvgIpc) is 3.08. The Morgan fingerprint density at radius 2 is 1.97 bits per heavy atom. The summed E-state index contributed by atoms with van der Waals surface area (Å²) in [4.78, 5) is 31.5. The van der Waals surface area contributed by atoms with Crippen LogP contribution in [0.1, 0.15) is 31.0 Å². The molecule has 0 unspecified atom stereocenters. The summed E-state index contributed by atoms with van der Waals surface area (Å²) in [7, 11) is 1.55. The standard InChI is InChI=1S/C24H19Br2FN2O4S/c1-4-33-23(31)19-12(2)28-24-29(20(19)13-5-7-16(27)8-6-13)22(30)18(34-24)10-14-9-15(25)11-17(26)21(14)32-3/h5-11,20H,4H2,1-3H3/b18-10-/t20-/m0/s1. The Kier molecular flexibility index (Phi) is 7.20. The summed E-state index contributed by atoms with van der Waals surface area (Å²) in [6, 6.07) is 8.61. The number of carbonyl (C=O) groups is 1. The van der Waals surface area contributed by atoms with Crippen molar-refractivity contribution in [2.24, 2.45) is 4.99 Å². The lowest BCUT2D eigenvalue weighted by Gasteiger charge is -2.24. The number of fused-ring (bicyclic) bond motifs is 1. The van der Waals surface area contributed by atoms with Crippen LogP contribution in [0.5, 0.6) is 5.75 Å². The van der Waals surface area contributed by atoms with E-state index in [4.69, 9.17) is 9.47 Å². The van der Waals surface area contributed by atoms with Gasteiger partial charge in [-0.3, -0.25) is 9.36 Å². The van der Waals surface area contributed by atoms with E-state index in [0.29, 0.717) is 31.9 Å². The van der Waals surface area contributed by atoms with Crippen molar-refractivity contribution in [2.45, 2.75) is 19.9 Å². The van der Waals surface area contributed by atoms with Gasteiger partial charge in [-0.2, -0.15) is 0 Å². The third kappa shape index (κ3) is 4.54. The highest BCUT2D eigenvalue weighted by molar-refractivity contribution is 9.11. The van der Waals surface area contributed by atoms with Gasteiger partial charge >= 0.3 is 5.97 Å². The Bertz CT molecular complexity index is 1490. The maximum atomic E-state index is 13.7. The monoisotopic (exact) mass is 608 g/mol. The van der Waals surface area contributed by atoms with Gasteiger partial charge in [-0.1, -0.05) is 39.4 Å². The molecule has 0 saturated heterocycles. The molecule has 6 nitrogen and oxygen atoms in total. The Morgan fingerprint density at radius 3 is 2.62 bits per heavy atom. The number of thiazole rings is 1. The molecule has 0 radical (unpaired) electrons. The van der Waals surface area contributed by atoms with Crippen LogP contribution in [-0.4, -0.2) is 24.3 Å². The first-order chi connectivity index (χ1) is 16.2. The second-order valence-corrected chi connectivity index (χ2v) is 10.1. The van der Waals surface area contributed by atoms with Gasteiger partial charge in [0.1, 0.15) is 11.6 Å². The maximum absolute atomic E-state index is 13.7. The molecule has 176 valence electrons. The first kappa shape index (κ1) is 24.6. The van der Waals surface area contributed by atoms with Crippen LogP contribution in [0.3, 0.4) is 0 Å². The molecule has 34 heavy (non-hydrogen) atoms. The number of ether oxygens (including phenoxy) is 2. The first-order valence-electron chi connectivity index (χ1n) is 10.2. The quantitative estimate of drug-likeness (QED) is 0.400. The van der Waals surface area contributed by atoms with Gasteiger partial charge in [-0.15, -0.1) is 0 Å². The molecule has 1 atom stereocenters. The van der Waals surface area contributed by atoms with Gasteiger partial charge in [-0.05, 0) is 65.7 Å². The van der Waals surface area contributed by atoms with Crippen LogP contribution in [0, 0.1) is 5.82 Å². The summed E-state index contributed by atoms with van der Waals surface area (Å²) in [5.41, 5.74) is 1.63. The molecular weight excluding hydrogens is 591 g/mol. The zero-order valence-electron chi connectivity index (χ0n) is 18.4. The van der Waals surface area contributed by atoms with E-state index in [9.17, 15) is 14.0 Å². The number of halogens is 3.